The predicted molar refractivity (Wildman–Crippen MR) is 53.8 cm³/mol. The fraction of sp³-hybridized carbons (Fsp3) is 0. The molecule has 17 heavy (non-hydrogen) atoms. The Labute approximate surface area is 111 Å². The van der Waals surface area contributed by atoms with Crippen LogP contribution in [0.4, 0.5) is 0 Å². The molecule has 0 heterocycles. The Morgan fingerprint density at radius 2 is 0.706 bits per heavy atom. The van der Waals surface area contributed by atoms with Crippen LogP contribution in [0.15, 0.2) is 0 Å². The van der Waals surface area contributed by atoms with E-state index in [4.69, 9.17) is 52.6 Å². The maximum atomic E-state index is 8.74. The third-order valence-electron chi connectivity index (χ3n) is 0. The summed E-state index contributed by atoms with van der Waals surface area (Å²) < 4.78 is 98.5. The van der Waals surface area contributed by atoms with Crippen LogP contribution >= 0.6 is 9.90 Å². The summed E-state index contributed by atoms with van der Waals surface area (Å²) in [4.78, 5) is 0. The summed E-state index contributed by atoms with van der Waals surface area (Å²) >= 11 is 0. The standard InChI is InChI=1S/Al.3H2O4S.H3P/c;3*1-5(2,3)4;/h;3*(H2,1,2,3,4);1H3/q+3;;;;/p-3. The molecule has 0 aliphatic rings. The van der Waals surface area contributed by atoms with Crippen molar-refractivity contribution in [1.29, 1.82) is 0 Å². The van der Waals surface area contributed by atoms with Gasteiger partial charge in [0.15, 0.2) is 0 Å². The van der Waals surface area contributed by atoms with Gasteiger partial charge < -0.3 is 13.7 Å². The minimum Gasteiger partial charge on any atom is -0.759 e. The summed E-state index contributed by atoms with van der Waals surface area (Å²) in [6.45, 7) is 0. The number of hydrogen-bond donors (Lipinski definition) is 3. The molecular formula is H6AlO12PS3. The average Bonchev–Trinajstić information content (AvgIpc) is 1.41. The van der Waals surface area contributed by atoms with Crippen molar-refractivity contribution in [2.24, 2.45) is 0 Å². The Kier molecular flexibility index (Phi) is 20.9. The molecule has 0 rings (SSSR count). The van der Waals surface area contributed by atoms with Crippen molar-refractivity contribution in [3.8, 4) is 0 Å². The molecule has 0 radical (unpaired) electrons. The van der Waals surface area contributed by atoms with Gasteiger partial charge in [-0.1, -0.05) is 0 Å². The third-order valence-corrected chi connectivity index (χ3v) is 0. The first-order chi connectivity index (χ1) is 6.00. The van der Waals surface area contributed by atoms with E-state index in [2.05, 4.69) is 0 Å². The van der Waals surface area contributed by atoms with Crippen molar-refractivity contribution in [2.45, 2.75) is 0 Å². The van der Waals surface area contributed by atoms with Gasteiger partial charge in [0.05, 0.1) is 0 Å². The van der Waals surface area contributed by atoms with E-state index >= 15 is 0 Å². The topological polar surface area (TPSA) is 232 Å². The summed E-state index contributed by atoms with van der Waals surface area (Å²) in [7, 11) is -14.7. The second kappa shape index (κ2) is 11.7. The van der Waals surface area contributed by atoms with Crippen molar-refractivity contribution in [3.05, 3.63) is 0 Å². The van der Waals surface area contributed by atoms with Crippen LogP contribution in [0.25, 0.3) is 0 Å². The van der Waals surface area contributed by atoms with Gasteiger partial charge in [-0.2, -0.15) is 18.3 Å². The summed E-state index contributed by atoms with van der Waals surface area (Å²) in [5.74, 6) is 0. The molecule has 1 unspecified atom stereocenters. The summed E-state index contributed by atoms with van der Waals surface area (Å²) in [6.07, 6.45) is 0. The molecule has 0 amide bonds. The van der Waals surface area contributed by atoms with Crippen LogP contribution in [-0.2, 0) is 31.2 Å². The van der Waals surface area contributed by atoms with Crippen molar-refractivity contribution in [2.75, 3.05) is 0 Å². The molecule has 0 aromatic rings. The van der Waals surface area contributed by atoms with Crippen molar-refractivity contribution in [1.82, 2.24) is 0 Å². The largest absolute Gasteiger partial charge is 3.00 e. The predicted octanol–water partition coefficient (Wildman–Crippen LogP) is -3.31. The van der Waals surface area contributed by atoms with Crippen molar-refractivity contribution >= 4 is 58.5 Å². The molecule has 3 N–H and O–H groups in total. The summed E-state index contributed by atoms with van der Waals surface area (Å²) in [5, 5.41) is 0. The van der Waals surface area contributed by atoms with Crippen LogP contribution < -0.4 is 0 Å². The molecule has 0 aliphatic carbocycles. The van der Waals surface area contributed by atoms with Crippen LogP contribution in [0.3, 0.4) is 0 Å². The van der Waals surface area contributed by atoms with Gasteiger partial charge in [0.1, 0.15) is 0 Å². The first kappa shape index (κ1) is 30.5. The van der Waals surface area contributed by atoms with Gasteiger partial charge >= 0.3 is 27.8 Å². The van der Waals surface area contributed by atoms with E-state index in [0.29, 0.717) is 0 Å². The zero-order chi connectivity index (χ0) is 13.5. The molecule has 0 spiro atoms. The molecule has 0 aromatic carbocycles. The van der Waals surface area contributed by atoms with Gasteiger partial charge in [-0.15, -0.1) is 0 Å². The van der Waals surface area contributed by atoms with Gasteiger partial charge in [-0.25, -0.2) is 8.42 Å². The second-order valence-corrected chi connectivity index (χ2v) is 3.85. The van der Waals surface area contributed by atoms with E-state index in [-0.39, 0.29) is 27.3 Å². The summed E-state index contributed by atoms with van der Waals surface area (Å²) in [6, 6.07) is 0. The maximum Gasteiger partial charge on any atom is 3.00 e. The smallest absolute Gasteiger partial charge is 0.759 e. The monoisotopic (exact) mass is 352 g/mol. The fourth-order valence-corrected chi connectivity index (χ4v) is 0. The Balaban J connectivity index is -0.0000000400. The summed E-state index contributed by atoms with van der Waals surface area (Å²) in [5.41, 5.74) is 0. The van der Waals surface area contributed by atoms with E-state index in [1.54, 1.807) is 0 Å². The van der Waals surface area contributed by atoms with E-state index in [1.165, 1.54) is 0 Å². The Hall–Kier alpha value is 0.572. The van der Waals surface area contributed by atoms with Gasteiger partial charge in [0.2, 0.25) is 10.4 Å². The third kappa shape index (κ3) is 10700. The van der Waals surface area contributed by atoms with Crippen LogP contribution in [0.2, 0.25) is 0 Å². The van der Waals surface area contributed by atoms with Gasteiger partial charge in [0.25, 0.3) is 0 Å². The van der Waals surface area contributed by atoms with Crippen LogP contribution in [0, 0.1) is 0 Å². The SMILES string of the molecule is O=S(=O)(O)O.O=S(=O)([O-])O.O=S(=O)([O-])[O-].P.[Al+3]. The zero-order valence-corrected chi connectivity index (χ0v) is 12.5. The quantitative estimate of drug-likeness (QED) is 0.168. The molecule has 0 aliphatic heterocycles. The molecule has 104 valence electrons. The van der Waals surface area contributed by atoms with E-state index in [0.717, 1.165) is 0 Å². The molecule has 17 heteroatoms. The molecule has 12 nitrogen and oxygen atoms in total. The van der Waals surface area contributed by atoms with E-state index in [9.17, 15) is 0 Å². The minimum absolute atomic E-state index is 0. The van der Waals surface area contributed by atoms with Crippen LogP contribution in [0.1, 0.15) is 0 Å². The molecule has 0 saturated carbocycles. The molecule has 1 atom stereocenters. The number of rotatable bonds is 0. The van der Waals surface area contributed by atoms with Crippen molar-refractivity contribution < 1.29 is 52.6 Å². The first-order valence-electron chi connectivity index (χ1n) is 2.05. The van der Waals surface area contributed by atoms with Crippen LogP contribution in [-0.4, -0.2) is 69.9 Å². The molecule has 0 bridgehead atoms. The molecule has 0 saturated heterocycles. The Bertz CT molecular complexity index is 343. The first-order valence-corrected chi connectivity index (χ1v) is 6.14. The Morgan fingerprint density at radius 1 is 0.706 bits per heavy atom. The van der Waals surface area contributed by atoms with E-state index < -0.39 is 31.2 Å². The molecular weight excluding hydrogens is 346 g/mol. The fourth-order valence-electron chi connectivity index (χ4n) is 0. The average molecular weight is 352 g/mol. The van der Waals surface area contributed by atoms with E-state index in [1.807, 2.05) is 0 Å². The van der Waals surface area contributed by atoms with Crippen LogP contribution in [0.5, 0.6) is 0 Å². The van der Waals surface area contributed by atoms with Gasteiger partial charge in [-0.05, 0) is 0 Å². The van der Waals surface area contributed by atoms with Crippen molar-refractivity contribution in [3.63, 3.8) is 0 Å². The van der Waals surface area contributed by atoms with Gasteiger partial charge in [0, 0.05) is 10.4 Å². The normalized spacial score (nSPS) is 10.2. The minimum atomic E-state index is -5.17. The second-order valence-electron chi connectivity index (χ2n) is 1.28. The Morgan fingerprint density at radius 3 is 0.706 bits per heavy atom. The molecule has 0 fully saturated rings. The maximum absolute atomic E-state index is 8.74. The number of hydrogen-bond acceptors (Lipinski definition) is 9. The molecule has 0 aromatic heterocycles. The van der Waals surface area contributed by atoms with Gasteiger partial charge in [-0.3, -0.25) is 22.1 Å². The zero-order valence-electron chi connectivity index (χ0n) is 7.53.